The number of alkyl halides is 3. The lowest BCUT2D eigenvalue weighted by Crippen LogP contribution is -2.49. The van der Waals surface area contributed by atoms with Crippen LogP contribution in [-0.2, 0) is 35.7 Å². The van der Waals surface area contributed by atoms with Crippen molar-refractivity contribution in [3.8, 4) is 5.75 Å². The molecule has 0 aliphatic heterocycles. The highest BCUT2D eigenvalue weighted by atomic mass is 35.5. The van der Waals surface area contributed by atoms with Crippen molar-refractivity contribution in [2.24, 2.45) is 0 Å². The van der Waals surface area contributed by atoms with Crippen LogP contribution in [0.1, 0.15) is 58.1 Å². The predicted molar refractivity (Wildman–Crippen MR) is 166 cm³/mol. The number of hydrogen-bond donors (Lipinski definition) is 1. The molecule has 0 aliphatic rings. The van der Waals surface area contributed by atoms with Crippen molar-refractivity contribution in [1.29, 1.82) is 0 Å². The van der Waals surface area contributed by atoms with Gasteiger partial charge in [0.1, 0.15) is 11.4 Å². The zero-order valence-electron chi connectivity index (χ0n) is 25.9. The number of halogens is 4. The van der Waals surface area contributed by atoms with Crippen LogP contribution in [0.25, 0.3) is 0 Å². The second kappa shape index (κ2) is 16.4. The Bertz CT molecular complexity index is 1330. The van der Waals surface area contributed by atoms with Crippen molar-refractivity contribution in [1.82, 2.24) is 5.32 Å². The molecule has 0 spiro atoms. The zero-order valence-corrected chi connectivity index (χ0v) is 28.3. The van der Waals surface area contributed by atoms with Gasteiger partial charge < -0.3 is 28.6 Å². The van der Waals surface area contributed by atoms with E-state index < -0.39 is 36.6 Å². The number of amides is 1. The average Bonchev–Trinajstić information content (AvgIpc) is 2.93. The number of nitrogens with one attached hydrogen (secondary N) is 1. The van der Waals surface area contributed by atoms with E-state index in [9.17, 15) is 22.5 Å². The van der Waals surface area contributed by atoms with Crippen LogP contribution >= 0.6 is 31.0 Å². The van der Waals surface area contributed by atoms with Gasteiger partial charge in [-0.05, 0) is 75.9 Å². The van der Waals surface area contributed by atoms with Crippen LogP contribution in [0.3, 0.4) is 0 Å². The van der Waals surface area contributed by atoms with Gasteiger partial charge in [-0.2, -0.15) is 13.2 Å². The molecule has 2 aromatic rings. The summed E-state index contributed by atoms with van der Waals surface area (Å²) in [4.78, 5) is 13.7. The van der Waals surface area contributed by atoms with Gasteiger partial charge in [-0.25, -0.2) is 4.79 Å². The highest BCUT2D eigenvalue weighted by molar-refractivity contribution is 7.99. The van der Waals surface area contributed by atoms with Crippen LogP contribution in [0.4, 0.5) is 18.0 Å². The number of rotatable bonds is 15. The average molecular weight is 682 g/mol. The Morgan fingerprint density at radius 2 is 1.73 bits per heavy atom. The fourth-order valence-corrected chi connectivity index (χ4v) is 6.31. The van der Waals surface area contributed by atoms with E-state index in [4.69, 9.17) is 34.9 Å². The van der Waals surface area contributed by atoms with Crippen molar-refractivity contribution < 1.29 is 45.8 Å². The second-order valence-electron chi connectivity index (χ2n) is 10.8. The Labute approximate surface area is 266 Å². The number of hydrogen-bond acceptors (Lipinski definition) is 8. The van der Waals surface area contributed by atoms with Crippen LogP contribution in [0, 0.1) is 0 Å². The van der Waals surface area contributed by atoms with Gasteiger partial charge >= 0.3 is 19.9 Å². The molecule has 0 aliphatic carbocycles. The van der Waals surface area contributed by atoms with Crippen molar-refractivity contribution in [3.63, 3.8) is 0 Å². The van der Waals surface area contributed by atoms with Gasteiger partial charge in [0.2, 0.25) is 0 Å². The van der Waals surface area contributed by atoms with Gasteiger partial charge in [0.05, 0.1) is 16.0 Å². The summed E-state index contributed by atoms with van der Waals surface area (Å²) in [5, 5.41) is 3.32. The lowest BCUT2D eigenvalue weighted by atomic mass is 9.87. The molecule has 0 fully saturated rings. The molecular formula is C30H40ClF3NO7PS. The third-order valence-corrected chi connectivity index (χ3v) is 9.14. The minimum atomic E-state index is -4.52. The topological polar surface area (TPSA) is 92.3 Å². The maximum atomic E-state index is 13.4. The first kappa shape index (κ1) is 38.0. The molecule has 1 atom stereocenters. The summed E-state index contributed by atoms with van der Waals surface area (Å²) in [7, 11) is 0.401. The first-order valence-electron chi connectivity index (χ1n) is 13.7. The van der Waals surface area contributed by atoms with E-state index in [0.29, 0.717) is 35.6 Å². The normalized spacial score (nSPS) is 14.0. The first-order valence-corrected chi connectivity index (χ1v) is 16.5. The summed E-state index contributed by atoms with van der Waals surface area (Å²) in [6.45, 7) is 7.06. The van der Waals surface area contributed by atoms with Gasteiger partial charge in [-0.15, -0.1) is 0 Å². The van der Waals surface area contributed by atoms with E-state index >= 15 is 0 Å². The maximum absolute atomic E-state index is 13.4. The number of alkyl carbamates (subject to hydrolysis) is 1. The monoisotopic (exact) mass is 681 g/mol. The molecular weight excluding hydrogens is 642 g/mol. The number of methoxy groups -OCH3 is 1. The molecule has 0 bridgehead atoms. The van der Waals surface area contributed by atoms with E-state index in [1.807, 2.05) is 6.92 Å². The van der Waals surface area contributed by atoms with Crippen molar-refractivity contribution in [3.05, 3.63) is 64.4 Å². The summed E-state index contributed by atoms with van der Waals surface area (Å²) >= 11 is 7.73. The number of aryl methyl sites for hydroxylation is 1. The Morgan fingerprint density at radius 1 is 1.05 bits per heavy atom. The Morgan fingerprint density at radius 3 is 2.27 bits per heavy atom. The summed E-state index contributed by atoms with van der Waals surface area (Å²) < 4.78 is 79.0. The van der Waals surface area contributed by atoms with Gasteiger partial charge in [-0.3, -0.25) is 4.57 Å². The Balaban J connectivity index is 2.39. The van der Waals surface area contributed by atoms with Crippen LogP contribution in [0.2, 0.25) is 5.02 Å². The van der Waals surface area contributed by atoms with Gasteiger partial charge in [0.25, 0.3) is 0 Å². The molecule has 1 N–H and O–H groups in total. The molecule has 246 valence electrons. The van der Waals surface area contributed by atoms with Crippen LogP contribution in [-0.4, -0.2) is 45.4 Å². The fraction of sp³-hybridized carbons (Fsp3) is 0.500. The largest absolute Gasteiger partial charge is 0.466 e. The summed E-state index contributed by atoms with van der Waals surface area (Å²) in [6, 6.07) is 8.40. The summed E-state index contributed by atoms with van der Waals surface area (Å²) in [5.41, 5.74) is -1.81. The molecule has 0 saturated heterocycles. The number of ether oxygens (including phenoxy) is 3. The quantitative estimate of drug-likeness (QED) is 0.147. The molecule has 0 radical (unpaired) electrons. The third-order valence-electron chi connectivity index (χ3n) is 6.23. The van der Waals surface area contributed by atoms with Crippen molar-refractivity contribution in [2.45, 2.75) is 80.5 Å². The van der Waals surface area contributed by atoms with Crippen LogP contribution in [0.5, 0.6) is 5.75 Å². The van der Waals surface area contributed by atoms with E-state index in [-0.39, 0.29) is 17.4 Å². The minimum absolute atomic E-state index is 0.131. The second-order valence-corrected chi connectivity index (χ2v) is 14.4. The third kappa shape index (κ3) is 11.9. The lowest BCUT2D eigenvalue weighted by Gasteiger charge is -2.33. The highest BCUT2D eigenvalue weighted by Crippen LogP contribution is 2.49. The zero-order chi connectivity index (χ0) is 33.2. The van der Waals surface area contributed by atoms with Crippen LogP contribution in [0.15, 0.2) is 58.1 Å². The fourth-order valence-electron chi connectivity index (χ4n) is 4.13. The molecule has 0 heterocycles. The van der Waals surface area contributed by atoms with E-state index in [1.54, 1.807) is 45.0 Å². The van der Waals surface area contributed by atoms with Crippen LogP contribution < -0.4 is 10.1 Å². The molecule has 0 saturated carbocycles. The van der Waals surface area contributed by atoms with Gasteiger partial charge in [0, 0.05) is 37.1 Å². The minimum Gasteiger partial charge on any atom is -0.466 e. The van der Waals surface area contributed by atoms with Crippen molar-refractivity contribution in [2.75, 3.05) is 28.1 Å². The standard InChI is InChI=1S/C30H40ClF3NO7PS/c1-8-14-29(16-17-43(37,39-6)40-7,35-27(36)42-28(2,3)4)15-13-21-9-11-23(19-24(21)31)44-26-18-22(30(32,33)34)10-12-25(26)41-20-38-5/h9-12,16-19H,8,13-15,20H2,1-7H3,(H,35,36)/t29-/m0/s1. The first-order chi connectivity index (χ1) is 20.5. The molecule has 44 heavy (non-hydrogen) atoms. The highest BCUT2D eigenvalue weighted by Gasteiger charge is 2.33. The van der Waals surface area contributed by atoms with Gasteiger partial charge in [-0.1, -0.05) is 48.8 Å². The van der Waals surface area contributed by atoms with E-state index in [1.165, 1.54) is 33.2 Å². The molecule has 2 aromatic carbocycles. The molecule has 2 rings (SSSR count). The van der Waals surface area contributed by atoms with Gasteiger partial charge in [0.15, 0.2) is 6.79 Å². The Hall–Kier alpha value is -2.21. The number of benzene rings is 2. The SMILES string of the molecule is CCC[C@@](C=CP(=O)(OC)OC)(CCc1ccc(Sc2cc(C(F)(F)F)ccc2OCOC)cc1Cl)NC(=O)OC(C)(C)C. The molecule has 8 nitrogen and oxygen atoms in total. The maximum Gasteiger partial charge on any atom is 0.416 e. The smallest absolute Gasteiger partial charge is 0.416 e. The summed E-state index contributed by atoms with van der Waals surface area (Å²) in [5.74, 6) is 1.55. The Kier molecular flexibility index (Phi) is 14.1. The number of carbonyl (C=O) groups is 1. The van der Waals surface area contributed by atoms with E-state index in [0.717, 1.165) is 29.5 Å². The van der Waals surface area contributed by atoms with E-state index in [2.05, 4.69) is 5.32 Å². The predicted octanol–water partition coefficient (Wildman–Crippen LogP) is 9.49. The number of carbonyl (C=O) groups excluding carboxylic acids is 1. The molecule has 0 aromatic heterocycles. The summed E-state index contributed by atoms with van der Waals surface area (Å²) in [6.07, 6.45) is -1.69. The molecule has 14 heteroatoms. The molecule has 0 unspecified atom stereocenters. The lowest BCUT2D eigenvalue weighted by molar-refractivity contribution is -0.137. The molecule has 1 amide bonds. The van der Waals surface area contributed by atoms with Crippen molar-refractivity contribution >= 4 is 37.1 Å².